The second kappa shape index (κ2) is 9.04. The van der Waals surface area contributed by atoms with Crippen LogP contribution in [-0.2, 0) is 23.1 Å². The molecule has 2 aromatic rings. The van der Waals surface area contributed by atoms with Gasteiger partial charge in [-0.15, -0.1) is 0 Å². The van der Waals surface area contributed by atoms with Crippen molar-refractivity contribution in [2.24, 2.45) is 13.0 Å². The molecule has 0 spiro atoms. The van der Waals surface area contributed by atoms with Crippen LogP contribution in [0.2, 0.25) is 0 Å². The number of carbonyl (C=O) groups excluding carboxylic acids is 3. The lowest BCUT2D eigenvalue weighted by Gasteiger charge is -2.35. The number of aromatic nitrogens is 1. The number of amides is 1. The van der Waals surface area contributed by atoms with Crippen molar-refractivity contribution in [1.82, 2.24) is 9.47 Å². The average Bonchev–Trinajstić information content (AvgIpc) is 2.93. The van der Waals surface area contributed by atoms with Crippen molar-refractivity contribution >= 4 is 17.7 Å². The average molecular weight is 429 g/mol. The van der Waals surface area contributed by atoms with Crippen molar-refractivity contribution in [2.45, 2.75) is 52.6 Å². The van der Waals surface area contributed by atoms with Crippen LogP contribution in [0.1, 0.15) is 63.9 Å². The Morgan fingerprint density at radius 2 is 1.81 bits per heavy atom. The van der Waals surface area contributed by atoms with Crippen LogP contribution in [0, 0.1) is 25.6 Å². The number of ketones is 1. The Morgan fingerprint density at radius 3 is 2.32 bits per heavy atom. The summed E-state index contributed by atoms with van der Waals surface area (Å²) in [4.78, 5) is 40.6. The zero-order chi connectivity index (χ0) is 22.9. The lowest BCUT2D eigenvalue weighted by atomic mass is 9.83. The molecule has 3 rings (SSSR count). The van der Waals surface area contributed by atoms with E-state index in [-0.39, 0.29) is 30.0 Å². The van der Waals surface area contributed by atoms with Gasteiger partial charge in [0.2, 0.25) is 5.91 Å². The Labute approximate surface area is 182 Å². The molecule has 0 bridgehead atoms. The minimum absolute atomic E-state index is 0.0594. The van der Waals surface area contributed by atoms with E-state index in [0.29, 0.717) is 22.5 Å². The maximum Gasteiger partial charge on any atom is 0.354 e. The van der Waals surface area contributed by atoms with Gasteiger partial charge in [0.15, 0.2) is 5.78 Å². The Morgan fingerprint density at radius 1 is 1.19 bits per heavy atom. The summed E-state index contributed by atoms with van der Waals surface area (Å²) < 4.78 is 19.9. The molecular formula is C24H29FN2O4. The van der Waals surface area contributed by atoms with E-state index in [0.717, 1.165) is 24.8 Å². The number of hydrogen-bond donors (Lipinski definition) is 0. The molecule has 0 aliphatic heterocycles. The number of ether oxygens (including phenoxy) is 1. The Hall–Kier alpha value is -2.96. The van der Waals surface area contributed by atoms with Crippen LogP contribution < -0.4 is 0 Å². The third-order valence-corrected chi connectivity index (χ3v) is 6.41. The van der Waals surface area contributed by atoms with Gasteiger partial charge in [-0.05, 0) is 56.9 Å². The molecule has 0 radical (unpaired) electrons. The van der Waals surface area contributed by atoms with Gasteiger partial charge in [0, 0.05) is 30.8 Å². The number of rotatable bonds is 7. The number of carbonyl (C=O) groups is 3. The topological polar surface area (TPSA) is 68.6 Å². The molecule has 1 atom stereocenters. The maximum atomic E-state index is 13.6. The van der Waals surface area contributed by atoms with E-state index in [1.165, 1.54) is 19.2 Å². The van der Waals surface area contributed by atoms with Crippen LogP contribution in [-0.4, -0.2) is 40.3 Å². The lowest BCUT2D eigenvalue weighted by molar-refractivity contribution is -0.140. The normalized spacial score (nSPS) is 14.6. The molecule has 0 N–H and O–H groups in total. The predicted molar refractivity (Wildman–Crippen MR) is 114 cm³/mol. The quantitative estimate of drug-likeness (QED) is 0.494. The van der Waals surface area contributed by atoms with E-state index < -0.39 is 12.0 Å². The Bertz CT molecular complexity index is 1010. The second-order valence-corrected chi connectivity index (χ2v) is 8.25. The molecule has 31 heavy (non-hydrogen) atoms. The van der Waals surface area contributed by atoms with Gasteiger partial charge >= 0.3 is 5.97 Å². The highest BCUT2D eigenvalue weighted by atomic mass is 19.1. The first-order valence-electron chi connectivity index (χ1n) is 10.5. The molecule has 1 aromatic carbocycles. The van der Waals surface area contributed by atoms with Gasteiger partial charge < -0.3 is 14.2 Å². The van der Waals surface area contributed by atoms with Crippen molar-refractivity contribution < 1.29 is 23.5 Å². The highest BCUT2D eigenvalue weighted by Gasteiger charge is 2.36. The fourth-order valence-corrected chi connectivity index (χ4v) is 4.16. The molecule has 1 saturated carbocycles. The minimum Gasteiger partial charge on any atom is -0.464 e. The zero-order valence-corrected chi connectivity index (χ0v) is 18.7. The molecule has 0 saturated heterocycles. The maximum absolute atomic E-state index is 13.6. The predicted octanol–water partition coefficient (Wildman–Crippen LogP) is 3.97. The van der Waals surface area contributed by atoms with Crippen molar-refractivity contribution in [3.05, 3.63) is 58.2 Å². The van der Waals surface area contributed by atoms with E-state index >= 15 is 0 Å². The summed E-state index contributed by atoms with van der Waals surface area (Å²) in [6.07, 6.45) is 2.63. The summed E-state index contributed by atoms with van der Waals surface area (Å²) in [6, 6.07) is 5.22. The molecule has 1 fully saturated rings. The van der Waals surface area contributed by atoms with Gasteiger partial charge in [-0.25, -0.2) is 9.18 Å². The smallest absolute Gasteiger partial charge is 0.354 e. The van der Waals surface area contributed by atoms with Gasteiger partial charge in [-0.2, -0.15) is 0 Å². The van der Waals surface area contributed by atoms with Crippen molar-refractivity contribution in [3.63, 3.8) is 0 Å². The number of Topliss-reactive ketones (excluding diaryl/α,β-unsaturated/α-hetero) is 1. The van der Waals surface area contributed by atoms with Crippen LogP contribution in [0.3, 0.4) is 0 Å². The molecule has 1 aromatic heterocycles. The van der Waals surface area contributed by atoms with E-state index in [2.05, 4.69) is 0 Å². The summed E-state index contributed by atoms with van der Waals surface area (Å²) in [7, 11) is 3.02. The summed E-state index contributed by atoms with van der Waals surface area (Å²) >= 11 is 0. The standard InChI is InChI=1S/C24H29FN2O4/c1-14-20(15(2)26(4)21(14)24(30)31-5)22(28)16(3)27(23(29)18-7-6-8-18)13-17-9-11-19(25)12-10-17/h9-12,16,18H,6-8,13H2,1-5H3/t16-/m1/s1. The van der Waals surface area contributed by atoms with Gasteiger partial charge in [0.1, 0.15) is 11.5 Å². The van der Waals surface area contributed by atoms with E-state index in [1.54, 1.807) is 49.4 Å². The molecule has 1 aliphatic rings. The molecule has 1 amide bonds. The molecule has 1 heterocycles. The molecule has 6 nitrogen and oxygen atoms in total. The summed E-state index contributed by atoms with van der Waals surface area (Å²) in [6.45, 7) is 5.43. The van der Waals surface area contributed by atoms with Gasteiger partial charge in [0.05, 0.1) is 13.2 Å². The molecular weight excluding hydrogens is 399 g/mol. The van der Waals surface area contributed by atoms with E-state index in [1.807, 2.05) is 0 Å². The fourth-order valence-electron chi connectivity index (χ4n) is 4.16. The van der Waals surface area contributed by atoms with Crippen molar-refractivity contribution in [2.75, 3.05) is 7.11 Å². The van der Waals surface area contributed by atoms with Gasteiger partial charge in [-0.3, -0.25) is 9.59 Å². The highest BCUT2D eigenvalue weighted by molar-refractivity contribution is 6.06. The largest absolute Gasteiger partial charge is 0.464 e. The second-order valence-electron chi connectivity index (χ2n) is 8.25. The van der Waals surface area contributed by atoms with Gasteiger partial charge in [-0.1, -0.05) is 18.6 Å². The fraction of sp³-hybridized carbons (Fsp3) is 0.458. The molecule has 1 aliphatic carbocycles. The van der Waals surface area contributed by atoms with Crippen LogP contribution in [0.4, 0.5) is 4.39 Å². The highest BCUT2D eigenvalue weighted by Crippen LogP contribution is 2.31. The van der Waals surface area contributed by atoms with Crippen molar-refractivity contribution in [1.29, 1.82) is 0 Å². The third kappa shape index (κ3) is 4.27. The van der Waals surface area contributed by atoms with Gasteiger partial charge in [0.25, 0.3) is 0 Å². The summed E-state index contributed by atoms with van der Waals surface area (Å²) in [5.41, 5.74) is 2.70. The minimum atomic E-state index is -0.733. The zero-order valence-electron chi connectivity index (χ0n) is 18.7. The van der Waals surface area contributed by atoms with Crippen LogP contribution >= 0.6 is 0 Å². The monoisotopic (exact) mass is 428 g/mol. The number of hydrogen-bond acceptors (Lipinski definition) is 4. The van der Waals surface area contributed by atoms with Crippen LogP contribution in [0.5, 0.6) is 0 Å². The molecule has 0 unspecified atom stereocenters. The molecule has 166 valence electrons. The van der Waals surface area contributed by atoms with E-state index in [4.69, 9.17) is 4.74 Å². The SMILES string of the molecule is COC(=O)c1c(C)c(C(=O)[C@@H](C)N(Cc2ccc(F)cc2)C(=O)C2CCC2)c(C)n1C. The number of nitrogens with zero attached hydrogens (tertiary/aromatic N) is 2. The number of methoxy groups -OCH3 is 1. The first-order valence-corrected chi connectivity index (χ1v) is 10.5. The number of benzene rings is 1. The number of esters is 1. The summed E-state index contributed by atoms with van der Waals surface area (Å²) in [5, 5.41) is 0. The Kier molecular flexibility index (Phi) is 6.62. The van der Waals surface area contributed by atoms with Crippen LogP contribution in [0.25, 0.3) is 0 Å². The van der Waals surface area contributed by atoms with Crippen LogP contribution in [0.15, 0.2) is 24.3 Å². The third-order valence-electron chi connectivity index (χ3n) is 6.41. The Balaban J connectivity index is 1.96. The molecule has 7 heteroatoms. The first-order chi connectivity index (χ1) is 14.7. The lowest BCUT2D eigenvalue weighted by Crippen LogP contribution is -2.47. The van der Waals surface area contributed by atoms with E-state index in [9.17, 15) is 18.8 Å². The number of halogens is 1. The first kappa shape index (κ1) is 22.7. The van der Waals surface area contributed by atoms with Crippen molar-refractivity contribution in [3.8, 4) is 0 Å². The summed E-state index contributed by atoms with van der Waals surface area (Å²) in [5.74, 6) is -1.23.